The van der Waals surface area contributed by atoms with Crippen LogP contribution in [0.2, 0.25) is 0 Å². The van der Waals surface area contributed by atoms with E-state index in [0.29, 0.717) is 11.3 Å². The highest BCUT2D eigenvalue weighted by molar-refractivity contribution is 6.14. The SMILES string of the molecule is C=C(C(=O)O)c1coc(C)c1. The number of hydrogen-bond acceptors (Lipinski definition) is 2. The number of aryl methyl sites for hydroxylation is 1. The highest BCUT2D eigenvalue weighted by Crippen LogP contribution is 2.15. The number of furan rings is 1. The van der Waals surface area contributed by atoms with Crippen LogP contribution < -0.4 is 0 Å². The molecule has 0 bridgehead atoms. The molecule has 0 aromatic carbocycles. The van der Waals surface area contributed by atoms with E-state index in [1.807, 2.05) is 0 Å². The average molecular weight is 152 g/mol. The van der Waals surface area contributed by atoms with Crippen molar-refractivity contribution in [3.05, 3.63) is 30.2 Å². The fourth-order valence-electron chi connectivity index (χ4n) is 0.725. The molecule has 1 heterocycles. The zero-order valence-electron chi connectivity index (χ0n) is 6.13. The zero-order chi connectivity index (χ0) is 8.43. The molecule has 1 rings (SSSR count). The summed E-state index contributed by atoms with van der Waals surface area (Å²) in [5.41, 5.74) is 0.580. The summed E-state index contributed by atoms with van der Waals surface area (Å²) in [7, 11) is 0. The first kappa shape index (κ1) is 7.60. The Kier molecular flexibility index (Phi) is 1.81. The van der Waals surface area contributed by atoms with Crippen LogP contribution in [0.5, 0.6) is 0 Å². The molecule has 0 aliphatic carbocycles. The van der Waals surface area contributed by atoms with Gasteiger partial charge in [-0.05, 0) is 13.0 Å². The smallest absolute Gasteiger partial charge is 0.335 e. The summed E-state index contributed by atoms with van der Waals surface area (Å²) in [6.07, 6.45) is 1.38. The maximum absolute atomic E-state index is 10.4. The van der Waals surface area contributed by atoms with Crippen molar-refractivity contribution >= 4 is 11.5 Å². The van der Waals surface area contributed by atoms with Gasteiger partial charge in [0, 0.05) is 5.56 Å². The third-order valence-electron chi connectivity index (χ3n) is 1.34. The van der Waals surface area contributed by atoms with Crippen LogP contribution in [-0.4, -0.2) is 11.1 Å². The van der Waals surface area contributed by atoms with E-state index in [2.05, 4.69) is 6.58 Å². The number of rotatable bonds is 2. The number of carbonyl (C=O) groups is 1. The van der Waals surface area contributed by atoms with Crippen molar-refractivity contribution in [1.82, 2.24) is 0 Å². The molecule has 0 fully saturated rings. The molecule has 58 valence electrons. The van der Waals surface area contributed by atoms with Crippen LogP contribution in [0, 0.1) is 6.92 Å². The van der Waals surface area contributed by atoms with Crippen LogP contribution in [0.25, 0.3) is 5.57 Å². The van der Waals surface area contributed by atoms with E-state index in [9.17, 15) is 4.79 Å². The molecule has 3 nitrogen and oxygen atoms in total. The number of hydrogen-bond donors (Lipinski definition) is 1. The second-order valence-corrected chi connectivity index (χ2v) is 2.23. The molecule has 0 aliphatic heterocycles. The number of carboxylic acids is 1. The molecule has 1 aromatic heterocycles. The molecule has 1 N–H and O–H groups in total. The first-order chi connectivity index (χ1) is 5.11. The van der Waals surface area contributed by atoms with Crippen LogP contribution in [0.3, 0.4) is 0 Å². The van der Waals surface area contributed by atoms with Gasteiger partial charge in [-0.25, -0.2) is 4.79 Å². The molecule has 0 saturated heterocycles. The van der Waals surface area contributed by atoms with E-state index in [4.69, 9.17) is 9.52 Å². The van der Waals surface area contributed by atoms with Crippen molar-refractivity contribution in [2.75, 3.05) is 0 Å². The minimum atomic E-state index is -1.02. The van der Waals surface area contributed by atoms with Crippen LogP contribution in [0.4, 0.5) is 0 Å². The Morgan fingerprint density at radius 2 is 2.36 bits per heavy atom. The van der Waals surface area contributed by atoms with Gasteiger partial charge in [-0.15, -0.1) is 0 Å². The summed E-state index contributed by atoms with van der Waals surface area (Å²) in [6, 6.07) is 1.64. The summed E-state index contributed by atoms with van der Waals surface area (Å²) < 4.78 is 4.91. The Labute approximate surface area is 64.0 Å². The molecule has 0 spiro atoms. The average Bonchev–Trinajstić information content (AvgIpc) is 2.34. The topological polar surface area (TPSA) is 50.4 Å². The Hall–Kier alpha value is -1.51. The van der Waals surface area contributed by atoms with E-state index in [0.717, 1.165) is 0 Å². The van der Waals surface area contributed by atoms with Gasteiger partial charge >= 0.3 is 5.97 Å². The zero-order valence-corrected chi connectivity index (χ0v) is 6.13. The quantitative estimate of drug-likeness (QED) is 0.656. The van der Waals surface area contributed by atoms with Crippen molar-refractivity contribution in [1.29, 1.82) is 0 Å². The summed E-state index contributed by atoms with van der Waals surface area (Å²) in [5, 5.41) is 8.50. The lowest BCUT2D eigenvalue weighted by atomic mass is 10.1. The van der Waals surface area contributed by atoms with Crippen LogP contribution in [0.1, 0.15) is 11.3 Å². The minimum absolute atomic E-state index is 0.0573. The number of carboxylic acid groups (broad SMARTS) is 1. The van der Waals surface area contributed by atoms with Crippen molar-refractivity contribution in [3.63, 3.8) is 0 Å². The molecule has 11 heavy (non-hydrogen) atoms. The lowest BCUT2D eigenvalue weighted by Gasteiger charge is -1.90. The summed E-state index contributed by atoms with van der Waals surface area (Å²) in [5.74, 6) is -0.340. The molecule has 3 heteroatoms. The largest absolute Gasteiger partial charge is 0.478 e. The minimum Gasteiger partial charge on any atom is -0.478 e. The van der Waals surface area contributed by atoms with Crippen molar-refractivity contribution in [3.8, 4) is 0 Å². The second-order valence-electron chi connectivity index (χ2n) is 2.23. The first-order valence-electron chi connectivity index (χ1n) is 3.09. The Balaban J connectivity index is 2.94. The van der Waals surface area contributed by atoms with Gasteiger partial charge in [-0.3, -0.25) is 0 Å². The van der Waals surface area contributed by atoms with Gasteiger partial charge in [0.1, 0.15) is 5.76 Å². The van der Waals surface area contributed by atoms with Crippen molar-refractivity contribution < 1.29 is 14.3 Å². The van der Waals surface area contributed by atoms with Crippen LogP contribution >= 0.6 is 0 Å². The standard InChI is InChI=1S/C8H8O3/c1-5-3-7(4-11-5)6(2)8(9)10/h3-4H,2H2,1H3,(H,9,10). The predicted molar refractivity (Wildman–Crippen MR) is 40.1 cm³/mol. The van der Waals surface area contributed by atoms with Gasteiger partial charge in [-0.1, -0.05) is 6.58 Å². The lowest BCUT2D eigenvalue weighted by Crippen LogP contribution is -1.95. The number of aliphatic carboxylic acids is 1. The maximum atomic E-state index is 10.4. The van der Waals surface area contributed by atoms with Gasteiger partial charge in [0.15, 0.2) is 0 Å². The summed E-state index contributed by atoms with van der Waals surface area (Å²) in [6.45, 7) is 5.13. The molecule has 0 unspecified atom stereocenters. The lowest BCUT2D eigenvalue weighted by molar-refractivity contribution is -0.130. The molecular weight excluding hydrogens is 144 g/mol. The van der Waals surface area contributed by atoms with Crippen molar-refractivity contribution in [2.45, 2.75) is 6.92 Å². The summed E-state index contributed by atoms with van der Waals surface area (Å²) >= 11 is 0. The molecule has 0 radical (unpaired) electrons. The predicted octanol–water partition coefficient (Wildman–Crippen LogP) is 1.69. The van der Waals surface area contributed by atoms with E-state index >= 15 is 0 Å². The second kappa shape index (κ2) is 2.62. The first-order valence-corrected chi connectivity index (χ1v) is 3.09. The van der Waals surface area contributed by atoms with Gasteiger partial charge in [-0.2, -0.15) is 0 Å². The van der Waals surface area contributed by atoms with Gasteiger partial charge in [0.05, 0.1) is 11.8 Å². The van der Waals surface area contributed by atoms with Crippen LogP contribution in [0.15, 0.2) is 23.3 Å². The third-order valence-corrected chi connectivity index (χ3v) is 1.34. The molecule has 0 aliphatic rings. The maximum Gasteiger partial charge on any atom is 0.335 e. The summed E-state index contributed by atoms with van der Waals surface area (Å²) in [4.78, 5) is 10.4. The Bertz CT molecular complexity index is 296. The van der Waals surface area contributed by atoms with E-state index in [-0.39, 0.29) is 5.57 Å². The molecule has 0 amide bonds. The Morgan fingerprint density at radius 1 is 1.73 bits per heavy atom. The van der Waals surface area contributed by atoms with Crippen molar-refractivity contribution in [2.24, 2.45) is 0 Å². The fourth-order valence-corrected chi connectivity index (χ4v) is 0.725. The van der Waals surface area contributed by atoms with Crippen LogP contribution in [-0.2, 0) is 4.79 Å². The molecule has 1 aromatic rings. The molecular formula is C8H8O3. The van der Waals surface area contributed by atoms with E-state index < -0.39 is 5.97 Å². The Morgan fingerprint density at radius 3 is 2.73 bits per heavy atom. The molecule has 0 saturated carbocycles. The van der Waals surface area contributed by atoms with Gasteiger partial charge < -0.3 is 9.52 Å². The van der Waals surface area contributed by atoms with E-state index in [1.165, 1.54) is 6.26 Å². The van der Waals surface area contributed by atoms with Gasteiger partial charge in [0.25, 0.3) is 0 Å². The third kappa shape index (κ3) is 1.49. The van der Waals surface area contributed by atoms with E-state index in [1.54, 1.807) is 13.0 Å². The highest BCUT2D eigenvalue weighted by Gasteiger charge is 2.08. The molecule has 0 atom stereocenters. The monoisotopic (exact) mass is 152 g/mol. The fraction of sp³-hybridized carbons (Fsp3) is 0.125. The highest BCUT2D eigenvalue weighted by atomic mass is 16.4. The van der Waals surface area contributed by atoms with Gasteiger partial charge in [0.2, 0.25) is 0 Å². The normalized spacial score (nSPS) is 9.55.